The summed E-state index contributed by atoms with van der Waals surface area (Å²) in [6.07, 6.45) is 8.49. The fraction of sp³-hybridized carbons (Fsp3) is 0.381. The van der Waals surface area contributed by atoms with Gasteiger partial charge < -0.3 is 0 Å². The van der Waals surface area contributed by atoms with Crippen molar-refractivity contribution in [3.05, 3.63) is 54.0 Å². The molecule has 0 atom stereocenters. The summed E-state index contributed by atoms with van der Waals surface area (Å²) < 4.78 is 0. The van der Waals surface area contributed by atoms with Gasteiger partial charge in [0.15, 0.2) is 5.78 Å². The van der Waals surface area contributed by atoms with Gasteiger partial charge in [0.1, 0.15) is 0 Å². The highest BCUT2D eigenvalue weighted by atomic mass is 16.1. The summed E-state index contributed by atoms with van der Waals surface area (Å²) in [5, 5.41) is 0. The molecule has 3 rings (SSSR count). The van der Waals surface area contributed by atoms with Crippen LogP contribution in [0.25, 0.3) is 16.8 Å². The Morgan fingerprint density at radius 2 is 1.96 bits per heavy atom. The summed E-state index contributed by atoms with van der Waals surface area (Å²) in [6, 6.07) is 10.0. The molecule has 0 amide bonds. The zero-order chi connectivity index (χ0) is 16.9. The van der Waals surface area contributed by atoms with Gasteiger partial charge in [-0.1, -0.05) is 50.3 Å². The highest BCUT2D eigenvalue weighted by molar-refractivity contribution is 6.20. The van der Waals surface area contributed by atoms with Gasteiger partial charge in [0.05, 0.1) is 23.3 Å². The molecule has 3 heteroatoms. The summed E-state index contributed by atoms with van der Waals surface area (Å²) in [6.45, 7) is 4.16. The first-order valence-corrected chi connectivity index (χ1v) is 8.80. The van der Waals surface area contributed by atoms with Crippen molar-refractivity contribution in [2.45, 2.75) is 46.0 Å². The molecular weight excluding hydrogens is 296 g/mol. The van der Waals surface area contributed by atoms with Gasteiger partial charge in [-0.2, -0.15) is 0 Å². The molecule has 3 nitrogen and oxygen atoms in total. The smallest absolute Gasteiger partial charge is 0.165 e. The minimum atomic E-state index is 0.188. The van der Waals surface area contributed by atoms with Gasteiger partial charge in [0.25, 0.3) is 0 Å². The Labute approximate surface area is 143 Å². The second kappa shape index (κ2) is 7.52. The number of rotatable bonds is 4. The topological polar surface area (TPSA) is 42.9 Å². The normalized spacial score (nSPS) is 16.7. The first-order valence-electron chi connectivity index (χ1n) is 8.80. The lowest BCUT2D eigenvalue weighted by Crippen LogP contribution is -2.12. The molecule has 1 aromatic carbocycles. The lowest BCUT2D eigenvalue weighted by atomic mass is 9.93. The maximum atomic E-state index is 12.7. The monoisotopic (exact) mass is 320 g/mol. The van der Waals surface area contributed by atoms with Crippen LogP contribution in [0, 0.1) is 5.92 Å². The predicted octanol–water partition coefficient (Wildman–Crippen LogP) is 4.87. The molecule has 0 saturated carbocycles. The number of benzene rings is 1. The molecule has 0 N–H and O–H groups in total. The Morgan fingerprint density at radius 3 is 2.71 bits per heavy atom. The van der Waals surface area contributed by atoms with Crippen molar-refractivity contribution in [2.24, 2.45) is 5.92 Å². The molecule has 0 saturated heterocycles. The second-order valence-electron chi connectivity index (χ2n) is 6.80. The lowest BCUT2D eigenvalue weighted by molar-refractivity contribution is -0.114. The third-order valence-electron chi connectivity index (χ3n) is 4.28. The van der Waals surface area contributed by atoms with E-state index in [0.717, 1.165) is 53.9 Å². The first-order chi connectivity index (χ1) is 11.6. The van der Waals surface area contributed by atoms with Gasteiger partial charge >= 0.3 is 0 Å². The van der Waals surface area contributed by atoms with Crippen LogP contribution in [0.1, 0.15) is 50.9 Å². The molecule has 0 fully saturated rings. The highest BCUT2D eigenvalue weighted by Crippen LogP contribution is 2.27. The maximum Gasteiger partial charge on any atom is 0.165 e. The Kier molecular flexibility index (Phi) is 5.19. The standard InChI is InChI=1S/C21H24N2O/c1-15(2)13-20(24)17-11-7-4-8-12-18-21(17)23-19(14-22-18)16-9-5-3-6-10-16/h3,5-6,9-11,14-15H,4,7-8,12-13H2,1-2H3/b17-11-. The molecule has 1 aliphatic rings. The van der Waals surface area contributed by atoms with Crippen LogP contribution < -0.4 is 0 Å². The average Bonchev–Trinajstić information content (AvgIpc) is 2.55. The van der Waals surface area contributed by atoms with Crippen molar-refractivity contribution in [3.8, 4) is 11.3 Å². The number of ketones is 1. The van der Waals surface area contributed by atoms with E-state index in [1.165, 1.54) is 0 Å². The van der Waals surface area contributed by atoms with Crippen LogP contribution in [0.4, 0.5) is 0 Å². The molecule has 24 heavy (non-hydrogen) atoms. The number of carbonyl (C=O) groups is 1. The SMILES string of the molecule is CC(C)CC(=O)/C1=C/CCCCc2ncc(-c3ccccc3)nc21. The molecule has 0 bridgehead atoms. The van der Waals surface area contributed by atoms with E-state index < -0.39 is 0 Å². The van der Waals surface area contributed by atoms with Crippen LogP contribution in [0.3, 0.4) is 0 Å². The molecule has 0 unspecified atom stereocenters. The van der Waals surface area contributed by atoms with Gasteiger partial charge in [0, 0.05) is 17.6 Å². The lowest BCUT2D eigenvalue weighted by Gasteiger charge is -2.16. The molecule has 0 aliphatic heterocycles. The summed E-state index contributed by atoms with van der Waals surface area (Å²) in [5.41, 5.74) is 4.38. The van der Waals surface area contributed by atoms with Gasteiger partial charge in [-0.3, -0.25) is 9.78 Å². The Bertz CT molecular complexity index is 748. The fourth-order valence-electron chi connectivity index (χ4n) is 3.07. The van der Waals surface area contributed by atoms with Gasteiger partial charge in [-0.15, -0.1) is 0 Å². The van der Waals surface area contributed by atoms with Crippen LogP contribution in [0.15, 0.2) is 42.6 Å². The first kappa shape index (κ1) is 16.6. The third kappa shape index (κ3) is 3.78. The minimum absolute atomic E-state index is 0.188. The highest BCUT2D eigenvalue weighted by Gasteiger charge is 2.21. The molecule has 0 spiro atoms. The van der Waals surface area contributed by atoms with E-state index in [4.69, 9.17) is 4.98 Å². The number of aromatic nitrogens is 2. The van der Waals surface area contributed by atoms with Gasteiger partial charge in [0.2, 0.25) is 0 Å². The molecule has 0 radical (unpaired) electrons. The van der Waals surface area contributed by atoms with E-state index in [0.29, 0.717) is 12.3 Å². The summed E-state index contributed by atoms with van der Waals surface area (Å²) in [4.78, 5) is 22.2. The van der Waals surface area contributed by atoms with E-state index in [2.05, 4.69) is 24.9 Å². The minimum Gasteiger partial charge on any atom is -0.294 e. The van der Waals surface area contributed by atoms with E-state index in [1.807, 2.05) is 36.5 Å². The summed E-state index contributed by atoms with van der Waals surface area (Å²) in [5.74, 6) is 0.533. The van der Waals surface area contributed by atoms with Crippen LogP contribution in [0.2, 0.25) is 0 Å². The van der Waals surface area contributed by atoms with Crippen molar-refractivity contribution in [2.75, 3.05) is 0 Å². The van der Waals surface area contributed by atoms with Crippen LogP contribution in [-0.2, 0) is 11.2 Å². The third-order valence-corrected chi connectivity index (χ3v) is 4.28. The van der Waals surface area contributed by atoms with E-state index in [1.54, 1.807) is 0 Å². The van der Waals surface area contributed by atoms with Crippen molar-refractivity contribution in [1.29, 1.82) is 0 Å². The molecule has 1 heterocycles. The maximum absolute atomic E-state index is 12.7. The molecular formula is C21H24N2O. The number of carbonyl (C=O) groups excluding carboxylic acids is 1. The quantitative estimate of drug-likeness (QED) is 0.807. The number of Topliss-reactive ketones (excluding diaryl/α,β-unsaturated/α-hetero) is 1. The second-order valence-corrected chi connectivity index (χ2v) is 6.80. The number of hydrogen-bond donors (Lipinski definition) is 0. The van der Waals surface area contributed by atoms with Crippen LogP contribution in [0.5, 0.6) is 0 Å². The largest absolute Gasteiger partial charge is 0.294 e. The van der Waals surface area contributed by atoms with Gasteiger partial charge in [-0.05, 0) is 31.6 Å². The Balaban J connectivity index is 2.05. The van der Waals surface area contributed by atoms with E-state index in [-0.39, 0.29) is 5.78 Å². The van der Waals surface area contributed by atoms with Crippen molar-refractivity contribution < 1.29 is 4.79 Å². The average molecular weight is 320 g/mol. The van der Waals surface area contributed by atoms with Crippen LogP contribution >= 0.6 is 0 Å². The van der Waals surface area contributed by atoms with Crippen molar-refractivity contribution in [3.63, 3.8) is 0 Å². The number of nitrogens with zero attached hydrogens (tertiary/aromatic N) is 2. The number of allylic oxidation sites excluding steroid dienone is 2. The Hall–Kier alpha value is -2.29. The summed E-state index contributed by atoms with van der Waals surface area (Å²) >= 11 is 0. The number of fused-ring (bicyclic) bond motifs is 1. The van der Waals surface area contributed by atoms with Crippen LogP contribution in [-0.4, -0.2) is 15.8 Å². The summed E-state index contributed by atoms with van der Waals surface area (Å²) in [7, 11) is 0. The fourth-order valence-corrected chi connectivity index (χ4v) is 3.07. The zero-order valence-electron chi connectivity index (χ0n) is 14.5. The Morgan fingerprint density at radius 1 is 1.17 bits per heavy atom. The molecule has 2 aromatic rings. The predicted molar refractivity (Wildman–Crippen MR) is 97.5 cm³/mol. The molecule has 1 aliphatic carbocycles. The zero-order valence-corrected chi connectivity index (χ0v) is 14.5. The molecule has 1 aromatic heterocycles. The van der Waals surface area contributed by atoms with Gasteiger partial charge in [-0.25, -0.2) is 4.98 Å². The van der Waals surface area contributed by atoms with E-state index in [9.17, 15) is 4.79 Å². The van der Waals surface area contributed by atoms with E-state index >= 15 is 0 Å². The number of hydrogen-bond acceptors (Lipinski definition) is 3. The van der Waals surface area contributed by atoms with Crippen molar-refractivity contribution >= 4 is 11.4 Å². The number of aryl methyl sites for hydroxylation is 1. The molecule has 124 valence electrons. The van der Waals surface area contributed by atoms with Crippen molar-refractivity contribution in [1.82, 2.24) is 9.97 Å².